The van der Waals surface area contributed by atoms with Crippen molar-refractivity contribution in [3.05, 3.63) is 35.3 Å². The molecular formula is C26H38ClN3O5SSi. The Labute approximate surface area is 229 Å². The van der Waals surface area contributed by atoms with Gasteiger partial charge in [-0.25, -0.2) is 9.78 Å². The molecule has 2 aromatic rings. The van der Waals surface area contributed by atoms with Crippen LogP contribution in [-0.2, 0) is 18.8 Å². The average molecular weight is 568 g/mol. The lowest BCUT2D eigenvalue weighted by Crippen LogP contribution is -2.49. The van der Waals surface area contributed by atoms with E-state index in [9.17, 15) is 14.4 Å². The number of carbonyl (C=O) groups is 3. The molecule has 2 rings (SSSR count). The van der Waals surface area contributed by atoms with Gasteiger partial charge in [-0.05, 0) is 55.2 Å². The van der Waals surface area contributed by atoms with Crippen molar-refractivity contribution in [3.63, 3.8) is 0 Å². The van der Waals surface area contributed by atoms with E-state index in [1.165, 1.54) is 18.4 Å². The van der Waals surface area contributed by atoms with Gasteiger partial charge in [0.15, 0.2) is 8.32 Å². The van der Waals surface area contributed by atoms with Crippen molar-refractivity contribution in [2.45, 2.75) is 70.6 Å². The number of ether oxygens (including phenoxy) is 1. The summed E-state index contributed by atoms with van der Waals surface area (Å²) in [6.45, 7) is 10.5. The number of methoxy groups -OCH3 is 1. The van der Waals surface area contributed by atoms with Gasteiger partial charge in [0, 0.05) is 28.9 Å². The second-order valence-electron chi connectivity index (χ2n) is 10.3. The predicted molar refractivity (Wildman–Crippen MR) is 152 cm³/mol. The molecule has 0 bridgehead atoms. The number of esters is 1. The average Bonchev–Trinajstić information content (AvgIpc) is 3.34. The third kappa shape index (κ3) is 9.52. The van der Waals surface area contributed by atoms with Crippen molar-refractivity contribution in [3.8, 4) is 10.6 Å². The molecule has 37 heavy (non-hydrogen) atoms. The van der Waals surface area contributed by atoms with E-state index in [0.717, 1.165) is 24.8 Å². The van der Waals surface area contributed by atoms with Crippen molar-refractivity contribution in [1.29, 1.82) is 0 Å². The van der Waals surface area contributed by atoms with Crippen LogP contribution in [-0.4, -0.2) is 56.7 Å². The fourth-order valence-corrected chi connectivity index (χ4v) is 5.05. The zero-order valence-corrected chi connectivity index (χ0v) is 25.1. The quantitative estimate of drug-likeness (QED) is 0.136. The van der Waals surface area contributed by atoms with Gasteiger partial charge >= 0.3 is 5.97 Å². The fourth-order valence-electron chi connectivity index (χ4n) is 3.04. The molecule has 11 heteroatoms. The van der Waals surface area contributed by atoms with Gasteiger partial charge in [-0.3, -0.25) is 9.59 Å². The Morgan fingerprint density at radius 3 is 2.38 bits per heavy atom. The molecule has 1 atom stereocenters. The molecule has 1 heterocycles. The summed E-state index contributed by atoms with van der Waals surface area (Å²) < 4.78 is 11.0. The summed E-state index contributed by atoms with van der Waals surface area (Å²) in [5.74, 6) is -0.470. The Morgan fingerprint density at radius 1 is 1.11 bits per heavy atom. The first-order valence-corrected chi connectivity index (χ1v) is 16.6. The molecular weight excluding hydrogens is 530 g/mol. The maximum Gasteiger partial charge on any atom is 0.330 e. The summed E-state index contributed by atoms with van der Waals surface area (Å²) in [5, 5.41) is 7.84. The summed E-state index contributed by atoms with van der Waals surface area (Å²) in [6, 6.07) is 6.36. The monoisotopic (exact) mass is 567 g/mol. The van der Waals surface area contributed by atoms with E-state index in [1.54, 1.807) is 17.5 Å². The van der Waals surface area contributed by atoms with Crippen LogP contribution in [0, 0.1) is 0 Å². The normalized spacial score (nSPS) is 12.6. The second kappa shape index (κ2) is 14.0. The lowest BCUT2D eigenvalue weighted by molar-refractivity contribution is -0.143. The highest BCUT2D eigenvalue weighted by Gasteiger charge is 2.38. The summed E-state index contributed by atoms with van der Waals surface area (Å²) in [5.41, 5.74) is 1.72. The van der Waals surface area contributed by atoms with Crippen LogP contribution in [0.1, 0.15) is 56.9 Å². The van der Waals surface area contributed by atoms with Gasteiger partial charge in [0.2, 0.25) is 5.91 Å². The number of rotatable bonds is 13. The van der Waals surface area contributed by atoms with Crippen LogP contribution in [0.25, 0.3) is 10.6 Å². The number of thiazole rings is 1. The van der Waals surface area contributed by atoms with Crippen molar-refractivity contribution >= 4 is 54.7 Å². The minimum absolute atomic E-state index is 0.0335. The number of unbranched alkanes of at least 4 members (excludes halogenated alkanes) is 2. The lowest BCUT2D eigenvalue weighted by atomic mass is 10.2. The van der Waals surface area contributed by atoms with Gasteiger partial charge in [-0.2, -0.15) is 0 Å². The van der Waals surface area contributed by atoms with Crippen LogP contribution in [0.3, 0.4) is 0 Å². The number of nitrogens with zero attached hydrogens (tertiary/aromatic N) is 1. The maximum absolute atomic E-state index is 12.9. The van der Waals surface area contributed by atoms with Gasteiger partial charge in [0.25, 0.3) is 5.91 Å². The van der Waals surface area contributed by atoms with Crippen LogP contribution in [0.15, 0.2) is 29.6 Å². The molecule has 0 aliphatic heterocycles. The molecule has 0 aliphatic rings. The Bertz CT molecular complexity index is 1050. The van der Waals surface area contributed by atoms with Crippen LogP contribution in [0.5, 0.6) is 0 Å². The first-order chi connectivity index (χ1) is 17.4. The van der Waals surface area contributed by atoms with E-state index < -0.39 is 26.2 Å². The molecule has 0 aliphatic carbocycles. The first kappa shape index (κ1) is 30.9. The van der Waals surface area contributed by atoms with E-state index in [-0.39, 0.29) is 23.2 Å². The van der Waals surface area contributed by atoms with E-state index in [0.29, 0.717) is 23.0 Å². The molecule has 2 N–H and O–H groups in total. The Balaban J connectivity index is 2.00. The number of benzene rings is 1. The summed E-state index contributed by atoms with van der Waals surface area (Å²) >= 11 is 6.98. The van der Waals surface area contributed by atoms with E-state index in [1.807, 2.05) is 12.1 Å². The van der Waals surface area contributed by atoms with Crippen molar-refractivity contribution in [1.82, 2.24) is 10.3 Å². The summed E-state index contributed by atoms with van der Waals surface area (Å²) in [7, 11) is -0.846. The zero-order valence-electron chi connectivity index (χ0n) is 22.5. The summed E-state index contributed by atoms with van der Waals surface area (Å²) in [4.78, 5) is 41.7. The van der Waals surface area contributed by atoms with Gasteiger partial charge in [0.1, 0.15) is 16.7 Å². The van der Waals surface area contributed by atoms with Crippen LogP contribution < -0.4 is 10.6 Å². The fraction of sp³-hybridized carbons (Fsp3) is 0.538. The maximum atomic E-state index is 12.9. The number of carbonyl (C=O) groups excluding carboxylic acids is 3. The molecule has 0 saturated heterocycles. The van der Waals surface area contributed by atoms with Gasteiger partial charge in [-0.1, -0.05) is 27.2 Å². The number of alkyl halides is 1. The number of hydrogen-bond donors (Lipinski definition) is 2. The van der Waals surface area contributed by atoms with Gasteiger partial charge in [0.05, 0.1) is 13.7 Å². The highest BCUT2D eigenvalue weighted by atomic mass is 35.5. The topological polar surface area (TPSA) is 107 Å². The minimum atomic E-state index is -2.13. The van der Waals surface area contributed by atoms with Crippen LogP contribution in [0.4, 0.5) is 5.69 Å². The van der Waals surface area contributed by atoms with Gasteiger partial charge < -0.3 is 19.8 Å². The number of amides is 2. The molecule has 0 unspecified atom stereocenters. The highest BCUT2D eigenvalue weighted by molar-refractivity contribution is 7.13. The number of nitrogens with one attached hydrogen (secondary N) is 2. The van der Waals surface area contributed by atoms with E-state index in [4.69, 9.17) is 20.8 Å². The largest absolute Gasteiger partial charge is 0.467 e. The molecule has 0 spiro atoms. The molecule has 8 nitrogen and oxygen atoms in total. The SMILES string of the molecule is COC(=O)[C@H](CO[Si](C)(C)C(C)(C)C)NC(=O)c1csc(-c2ccc(NC(=O)CCCCCCl)cc2)n1. The first-order valence-electron chi connectivity index (χ1n) is 12.3. The second-order valence-corrected chi connectivity index (χ2v) is 16.3. The molecule has 204 valence electrons. The number of halogens is 1. The Morgan fingerprint density at radius 2 is 1.78 bits per heavy atom. The Kier molecular flexibility index (Phi) is 11.7. The standard InChI is InChI=1S/C26H38ClN3O5SSi/c1-26(2,3)37(5,6)35-16-20(25(33)34-4)29-23(32)21-17-36-24(30-21)18-11-13-19(14-12-18)28-22(31)10-8-7-9-15-27/h11-14,17,20H,7-10,15-16H2,1-6H3,(H,28,31)(H,29,32)/t20-/m0/s1. The van der Waals surface area contributed by atoms with Gasteiger partial charge in [-0.15, -0.1) is 22.9 Å². The molecule has 0 radical (unpaired) electrons. The molecule has 1 aromatic heterocycles. The molecule has 0 saturated carbocycles. The van der Waals surface area contributed by atoms with Crippen molar-refractivity contribution in [2.75, 3.05) is 24.9 Å². The highest BCUT2D eigenvalue weighted by Crippen LogP contribution is 2.36. The number of hydrogen-bond acceptors (Lipinski definition) is 7. The lowest BCUT2D eigenvalue weighted by Gasteiger charge is -2.37. The smallest absolute Gasteiger partial charge is 0.330 e. The molecule has 0 fully saturated rings. The predicted octanol–water partition coefficient (Wildman–Crippen LogP) is 5.84. The number of aromatic nitrogens is 1. The van der Waals surface area contributed by atoms with Crippen LogP contribution in [0.2, 0.25) is 18.1 Å². The molecule has 1 aromatic carbocycles. The third-order valence-corrected chi connectivity index (χ3v) is 12.1. The van der Waals surface area contributed by atoms with Crippen LogP contribution >= 0.6 is 22.9 Å². The number of anilines is 1. The van der Waals surface area contributed by atoms with Crippen molar-refractivity contribution < 1.29 is 23.5 Å². The third-order valence-electron chi connectivity index (χ3n) is 6.40. The zero-order chi connectivity index (χ0) is 27.6. The Hall–Kier alpha value is -2.27. The minimum Gasteiger partial charge on any atom is -0.467 e. The van der Waals surface area contributed by atoms with E-state index >= 15 is 0 Å². The molecule has 2 amide bonds. The van der Waals surface area contributed by atoms with Crippen molar-refractivity contribution in [2.24, 2.45) is 0 Å². The summed E-state index contributed by atoms with van der Waals surface area (Å²) in [6.07, 6.45) is 3.10. The van der Waals surface area contributed by atoms with E-state index in [2.05, 4.69) is 49.5 Å².